The Kier molecular flexibility index (Phi) is 6.24. The van der Waals surface area contributed by atoms with E-state index in [9.17, 15) is 15.2 Å². The van der Waals surface area contributed by atoms with E-state index in [1.807, 2.05) is 0 Å². The molecule has 0 saturated carbocycles. The molecule has 2 rings (SSSR count). The van der Waals surface area contributed by atoms with Crippen LogP contribution in [0, 0.1) is 10.1 Å². The van der Waals surface area contributed by atoms with Crippen LogP contribution >= 0.6 is 11.6 Å². The predicted octanol–water partition coefficient (Wildman–Crippen LogP) is 3.60. The van der Waals surface area contributed by atoms with Crippen LogP contribution < -0.4 is 14.2 Å². The highest BCUT2D eigenvalue weighted by atomic mass is 35.5. The van der Waals surface area contributed by atoms with Crippen LogP contribution in [-0.2, 0) is 6.54 Å². The molecule has 8 nitrogen and oxygen atoms in total. The highest BCUT2D eigenvalue weighted by molar-refractivity contribution is 6.31. The topological polar surface area (TPSA) is 103 Å². The van der Waals surface area contributed by atoms with Crippen molar-refractivity contribution >= 4 is 23.5 Å². The Morgan fingerprint density at radius 1 is 1.12 bits per heavy atom. The molecule has 0 radical (unpaired) electrons. The molecule has 138 valence electrons. The Labute approximate surface area is 154 Å². The number of aromatic hydroxyl groups is 1. The molecule has 0 spiro atoms. The summed E-state index contributed by atoms with van der Waals surface area (Å²) in [7, 11) is 4.55. The Bertz CT molecular complexity index is 854. The smallest absolute Gasteiger partial charge is 0.312 e. The molecule has 2 aromatic carbocycles. The number of halogens is 1. The van der Waals surface area contributed by atoms with Gasteiger partial charge < -0.3 is 19.3 Å². The summed E-state index contributed by atoms with van der Waals surface area (Å²) in [6.45, 7) is 0.184. The van der Waals surface area contributed by atoms with Gasteiger partial charge in [0.1, 0.15) is 5.75 Å². The Morgan fingerprint density at radius 3 is 2.31 bits per heavy atom. The standard InChI is InChI=1S/C17H17ClN2O6/c1-24-14-7-16(26-3)15(25-2)5-10(14)8-19-9-11-4-12(18)6-13(17(11)21)20(22)23/h4-7,9,21H,8H2,1-3H3. The number of ether oxygens (including phenoxy) is 3. The van der Waals surface area contributed by atoms with Crippen LogP contribution in [0.5, 0.6) is 23.0 Å². The second kappa shape index (κ2) is 8.39. The average molecular weight is 381 g/mol. The lowest BCUT2D eigenvalue weighted by Gasteiger charge is -2.12. The van der Waals surface area contributed by atoms with Gasteiger partial charge in [-0.25, -0.2) is 0 Å². The van der Waals surface area contributed by atoms with Crippen molar-refractivity contribution in [3.8, 4) is 23.0 Å². The largest absolute Gasteiger partial charge is 0.502 e. The zero-order valence-corrected chi connectivity index (χ0v) is 15.1. The highest BCUT2D eigenvalue weighted by Gasteiger charge is 2.18. The molecule has 0 aliphatic carbocycles. The van der Waals surface area contributed by atoms with Gasteiger partial charge in [-0.05, 0) is 12.1 Å². The second-order valence-electron chi connectivity index (χ2n) is 5.11. The normalized spacial score (nSPS) is 10.8. The van der Waals surface area contributed by atoms with Crippen LogP contribution in [0.4, 0.5) is 5.69 Å². The minimum Gasteiger partial charge on any atom is -0.502 e. The Balaban J connectivity index is 2.33. The van der Waals surface area contributed by atoms with Gasteiger partial charge in [0.05, 0.1) is 32.8 Å². The Morgan fingerprint density at radius 2 is 1.73 bits per heavy atom. The number of aliphatic imine (C=N–C) groups is 1. The van der Waals surface area contributed by atoms with Crippen LogP contribution in [0.25, 0.3) is 0 Å². The molecule has 2 aromatic rings. The Hall–Kier alpha value is -3.00. The van der Waals surface area contributed by atoms with Gasteiger partial charge in [0.15, 0.2) is 11.5 Å². The van der Waals surface area contributed by atoms with Crippen molar-refractivity contribution in [2.75, 3.05) is 21.3 Å². The summed E-state index contributed by atoms with van der Waals surface area (Å²) in [5, 5.41) is 21.0. The summed E-state index contributed by atoms with van der Waals surface area (Å²) in [4.78, 5) is 14.4. The van der Waals surface area contributed by atoms with Gasteiger partial charge in [-0.15, -0.1) is 0 Å². The van der Waals surface area contributed by atoms with Gasteiger partial charge in [0, 0.05) is 34.5 Å². The van der Waals surface area contributed by atoms with Crippen molar-refractivity contribution in [1.29, 1.82) is 0 Å². The van der Waals surface area contributed by atoms with E-state index in [1.54, 1.807) is 12.1 Å². The molecule has 0 amide bonds. The van der Waals surface area contributed by atoms with Crippen molar-refractivity contribution in [2.45, 2.75) is 6.54 Å². The van der Waals surface area contributed by atoms with Crippen molar-refractivity contribution in [3.63, 3.8) is 0 Å². The monoisotopic (exact) mass is 380 g/mol. The lowest BCUT2D eigenvalue weighted by atomic mass is 10.1. The van der Waals surface area contributed by atoms with E-state index in [2.05, 4.69) is 4.99 Å². The number of phenolic OH excluding ortho intramolecular Hbond substituents is 1. The van der Waals surface area contributed by atoms with Gasteiger partial charge >= 0.3 is 5.69 Å². The molecule has 9 heteroatoms. The maximum atomic E-state index is 10.9. The molecule has 0 aromatic heterocycles. The van der Waals surface area contributed by atoms with Gasteiger partial charge in [-0.1, -0.05) is 11.6 Å². The molecule has 0 heterocycles. The first-order valence-corrected chi connectivity index (χ1v) is 7.74. The first-order chi connectivity index (χ1) is 12.4. The summed E-state index contributed by atoms with van der Waals surface area (Å²) < 4.78 is 15.8. The molecule has 0 fully saturated rings. The maximum absolute atomic E-state index is 10.9. The zero-order chi connectivity index (χ0) is 19.3. The predicted molar refractivity (Wildman–Crippen MR) is 97.2 cm³/mol. The van der Waals surface area contributed by atoms with Crippen molar-refractivity contribution < 1.29 is 24.2 Å². The van der Waals surface area contributed by atoms with Gasteiger partial charge in [-0.3, -0.25) is 15.1 Å². The van der Waals surface area contributed by atoms with E-state index in [1.165, 1.54) is 33.6 Å². The fourth-order valence-electron chi connectivity index (χ4n) is 2.30. The van der Waals surface area contributed by atoms with Crippen LogP contribution in [0.3, 0.4) is 0 Å². The lowest BCUT2D eigenvalue weighted by Crippen LogP contribution is -1.97. The maximum Gasteiger partial charge on any atom is 0.312 e. The third kappa shape index (κ3) is 4.15. The van der Waals surface area contributed by atoms with Crippen molar-refractivity contribution in [2.24, 2.45) is 4.99 Å². The van der Waals surface area contributed by atoms with Crippen molar-refractivity contribution in [3.05, 3.63) is 50.5 Å². The number of nitro groups is 1. The number of hydrogen-bond acceptors (Lipinski definition) is 7. The summed E-state index contributed by atoms with van der Waals surface area (Å²) >= 11 is 5.85. The number of phenols is 1. The summed E-state index contributed by atoms with van der Waals surface area (Å²) in [5.41, 5.74) is 0.365. The SMILES string of the molecule is COc1cc(OC)c(OC)cc1CN=Cc1cc(Cl)cc([N+](=O)[O-])c1O. The van der Waals surface area contributed by atoms with E-state index in [-0.39, 0.29) is 17.1 Å². The second-order valence-corrected chi connectivity index (χ2v) is 5.55. The van der Waals surface area contributed by atoms with Gasteiger partial charge in [0.2, 0.25) is 5.75 Å². The molecule has 0 bridgehead atoms. The first kappa shape index (κ1) is 19.3. The third-order valence-electron chi connectivity index (χ3n) is 3.56. The number of benzene rings is 2. The molecular formula is C17H17ClN2O6. The molecular weight excluding hydrogens is 364 g/mol. The van der Waals surface area contributed by atoms with Crippen LogP contribution in [0.1, 0.15) is 11.1 Å². The quantitative estimate of drug-likeness (QED) is 0.447. The van der Waals surface area contributed by atoms with Crippen LogP contribution in [0.2, 0.25) is 5.02 Å². The summed E-state index contributed by atoms with van der Waals surface area (Å²) in [6, 6.07) is 5.85. The molecule has 0 saturated heterocycles. The molecule has 0 aliphatic heterocycles. The van der Waals surface area contributed by atoms with E-state index in [4.69, 9.17) is 25.8 Å². The minimum absolute atomic E-state index is 0.125. The number of hydrogen-bond donors (Lipinski definition) is 1. The number of rotatable bonds is 7. The van der Waals surface area contributed by atoms with E-state index >= 15 is 0 Å². The fraction of sp³-hybridized carbons (Fsp3) is 0.235. The molecule has 0 aliphatic rings. The number of nitro benzene ring substituents is 1. The van der Waals surface area contributed by atoms with E-state index in [0.717, 1.165) is 6.07 Å². The third-order valence-corrected chi connectivity index (χ3v) is 3.78. The summed E-state index contributed by atoms with van der Waals surface area (Å²) in [5.74, 6) is 1.07. The van der Waals surface area contributed by atoms with Crippen molar-refractivity contribution in [1.82, 2.24) is 0 Å². The van der Waals surface area contributed by atoms with Gasteiger partial charge in [0.25, 0.3) is 0 Å². The average Bonchev–Trinajstić information content (AvgIpc) is 2.63. The lowest BCUT2D eigenvalue weighted by molar-refractivity contribution is -0.385. The highest BCUT2D eigenvalue weighted by Crippen LogP contribution is 2.35. The van der Waals surface area contributed by atoms with Gasteiger partial charge in [-0.2, -0.15) is 0 Å². The molecule has 1 N–H and O–H groups in total. The zero-order valence-electron chi connectivity index (χ0n) is 14.4. The fourth-order valence-corrected chi connectivity index (χ4v) is 2.52. The van der Waals surface area contributed by atoms with E-state index in [0.29, 0.717) is 22.8 Å². The molecule has 0 atom stereocenters. The molecule has 0 unspecified atom stereocenters. The van der Waals surface area contributed by atoms with Crippen LogP contribution in [-0.4, -0.2) is 37.6 Å². The number of nitrogens with zero attached hydrogens (tertiary/aromatic N) is 2. The minimum atomic E-state index is -0.712. The molecule has 26 heavy (non-hydrogen) atoms. The van der Waals surface area contributed by atoms with Crippen LogP contribution in [0.15, 0.2) is 29.3 Å². The summed E-state index contributed by atoms with van der Waals surface area (Å²) in [6.07, 6.45) is 1.31. The van der Waals surface area contributed by atoms with E-state index < -0.39 is 16.4 Å². The first-order valence-electron chi connectivity index (χ1n) is 7.36. The number of methoxy groups -OCH3 is 3.